The van der Waals surface area contributed by atoms with Gasteiger partial charge in [-0.05, 0) is 37.3 Å². The zero-order chi connectivity index (χ0) is 32.8. The Hall–Kier alpha value is -5.25. The Bertz CT molecular complexity index is 2050. The number of benzene rings is 1. The normalized spacial score (nSPS) is 15.3. The molecule has 16 heteroatoms. The van der Waals surface area contributed by atoms with Crippen LogP contribution in [0.1, 0.15) is 12.1 Å². The van der Waals surface area contributed by atoms with E-state index in [1.807, 2.05) is 0 Å². The van der Waals surface area contributed by atoms with Gasteiger partial charge in [-0.25, -0.2) is 31.5 Å². The van der Waals surface area contributed by atoms with Gasteiger partial charge < -0.3 is 20.6 Å². The van der Waals surface area contributed by atoms with Crippen LogP contribution in [-0.2, 0) is 19.4 Å². The second-order valence-corrected chi connectivity index (χ2v) is 12.4. The van der Waals surface area contributed by atoms with E-state index < -0.39 is 62.0 Å². The van der Waals surface area contributed by atoms with Crippen LogP contribution in [0.25, 0.3) is 28.0 Å². The molecule has 1 saturated heterocycles. The third-order valence-electron chi connectivity index (χ3n) is 7.40. The average molecular weight is 640 g/mol. The van der Waals surface area contributed by atoms with Gasteiger partial charge in [0.15, 0.2) is 21.3 Å². The molecule has 3 aromatic heterocycles. The molecule has 4 heterocycles. The monoisotopic (exact) mass is 639 g/mol. The summed E-state index contributed by atoms with van der Waals surface area (Å²) in [5.41, 5.74) is 2.72. The highest BCUT2D eigenvalue weighted by molar-refractivity contribution is 7.90. The minimum atomic E-state index is -3.98. The smallest absolute Gasteiger partial charge is 0.355 e. The molecule has 0 bridgehead atoms. The topological polar surface area (TPSA) is 182 Å². The number of pyridine rings is 2. The molecule has 1 aromatic carbocycles. The Balaban J connectivity index is 1.88. The minimum absolute atomic E-state index is 0.0168. The first-order chi connectivity index (χ1) is 21.2. The maximum atomic E-state index is 15.9. The number of rotatable bonds is 7. The fraction of sp³-hybridized carbons (Fsp3) is 0.241. The van der Waals surface area contributed by atoms with Crippen LogP contribution >= 0.6 is 0 Å². The van der Waals surface area contributed by atoms with Crippen LogP contribution in [-0.4, -0.2) is 81.7 Å². The third kappa shape index (κ3) is 5.71. The van der Waals surface area contributed by atoms with Gasteiger partial charge in [0.25, 0.3) is 0 Å². The standard InChI is InChI=1S/C29H27F2N7O6S/c1-4-23(41)36-10-11-37(16(14-36)12-22(32)40)27-17-13-19(31)25(24-18(30)6-5-7-20(24)39)34-28(17)38(29(42)35-27)26-15(2)33-9-8-21(26)45(3,43)44/h4-9,13,16,39H,1,10-12,14H2,2-3H3,(H2,32,40)/t16-/m1/s1. The number of carbonyl (C=O) groups is 2. The number of fused-ring (bicyclic) bond motifs is 1. The number of primary amides is 1. The molecule has 0 unspecified atom stereocenters. The molecule has 234 valence electrons. The van der Waals surface area contributed by atoms with Crippen molar-refractivity contribution < 1.29 is 31.9 Å². The molecule has 13 nitrogen and oxygen atoms in total. The van der Waals surface area contributed by atoms with Gasteiger partial charge in [0.05, 0.1) is 33.3 Å². The summed E-state index contributed by atoms with van der Waals surface area (Å²) in [6.07, 6.45) is 3.00. The van der Waals surface area contributed by atoms with Gasteiger partial charge in [0.2, 0.25) is 11.8 Å². The number of nitrogens with two attached hydrogens (primary N) is 1. The zero-order valence-corrected chi connectivity index (χ0v) is 24.9. The number of anilines is 1. The molecule has 0 spiro atoms. The number of phenols is 1. The Morgan fingerprint density at radius 2 is 1.91 bits per heavy atom. The van der Waals surface area contributed by atoms with Crippen molar-refractivity contribution in [1.29, 1.82) is 0 Å². The molecule has 1 atom stereocenters. The summed E-state index contributed by atoms with van der Waals surface area (Å²) < 4.78 is 57.3. The first-order valence-corrected chi connectivity index (χ1v) is 15.4. The van der Waals surface area contributed by atoms with E-state index in [0.717, 1.165) is 35.1 Å². The van der Waals surface area contributed by atoms with Gasteiger partial charge in [-0.3, -0.25) is 14.6 Å². The number of nitrogens with zero attached hydrogens (tertiary/aromatic N) is 6. The first-order valence-electron chi connectivity index (χ1n) is 13.5. The van der Waals surface area contributed by atoms with E-state index in [-0.39, 0.29) is 59.2 Å². The summed E-state index contributed by atoms with van der Waals surface area (Å²) in [4.78, 5) is 53.6. The number of sulfone groups is 1. The maximum absolute atomic E-state index is 15.9. The van der Waals surface area contributed by atoms with E-state index in [2.05, 4.69) is 21.5 Å². The highest BCUT2D eigenvalue weighted by Gasteiger charge is 2.34. The number of aromatic nitrogens is 4. The van der Waals surface area contributed by atoms with Crippen LogP contribution in [0.15, 0.2) is 58.9 Å². The average Bonchev–Trinajstić information content (AvgIpc) is 2.96. The fourth-order valence-corrected chi connectivity index (χ4v) is 6.32. The van der Waals surface area contributed by atoms with E-state index >= 15 is 4.39 Å². The molecule has 2 amide bonds. The molecular weight excluding hydrogens is 612 g/mol. The van der Waals surface area contributed by atoms with Crippen LogP contribution in [0, 0.1) is 18.6 Å². The van der Waals surface area contributed by atoms with Gasteiger partial charge >= 0.3 is 5.69 Å². The van der Waals surface area contributed by atoms with Gasteiger partial charge in [-0.15, -0.1) is 0 Å². The van der Waals surface area contributed by atoms with Crippen LogP contribution in [0.2, 0.25) is 0 Å². The van der Waals surface area contributed by atoms with E-state index in [4.69, 9.17) is 5.73 Å². The van der Waals surface area contributed by atoms with Crippen molar-refractivity contribution in [1.82, 2.24) is 24.4 Å². The molecule has 4 aromatic rings. The quantitative estimate of drug-likeness (QED) is 0.282. The number of amides is 2. The lowest BCUT2D eigenvalue weighted by Crippen LogP contribution is -2.56. The van der Waals surface area contributed by atoms with Crippen LogP contribution in [0.4, 0.5) is 14.6 Å². The molecule has 0 aliphatic carbocycles. The summed E-state index contributed by atoms with van der Waals surface area (Å²) in [5, 5.41) is 10.3. The van der Waals surface area contributed by atoms with Crippen molar-refractivity contribution in [2.45, 2.75) is 24.3 Å². The lowest BCUT2D eigenvalue weighted by atomic mass is 10.1. The number of carbonyl (C=O) groups excluding carboxylic acids is 2. The maximum Gasteiger partial charge on any atom is 0.355 e. The van der Waals surface area contributed by atoms with Crippen LogP contribution in [0.5, 0.6) is 5.75 Å². The van der Waals surface area contributed by atoms with Crippen molar-refractivity contribution >= 4 is 38.5 Å². The Labute approximate surface area is 255 Å². The lowest BCUT2D eigenvalue weighted by molar-refractivity contribution is -0.127. The van der Waals surface area contributed by atoms with Crippen molar-refractivity contribution in [3.05, 3.63) is 77.0 Å². The zero-order valence-electron chi connectivity index (χ0n) is 24.1. The first kappa shape index (κ1) is 31.2. The molecule has 5 rings (SSSR count). The van der Waals surface area contributed by atoms with Crippen molar-refractivity contribution in [2.75, 3.05) is 30.8 Å². The van der Waals surface area contributed by atoms with E-state index in [9.17, 15) is 32.3 Å². The second kappa shape index (κ2) is 11.7. The van der Waals surface area contributed by atoms with E-state index in [0.29, 0.717) is 0 Å². The molecule has 45 heavy (non-hydrogen) atoms. The lowest BCUT2D eigenvalue weighted by Gasteiger charge is -2.41. The highest BCUT2D eigenvalue weighted by atomic mass is 32.2. The predicted octanol–water partition coefficient (Wildman–Crippen LogP) is 1.62. The van der Waals surface area contributed by atoms with Gasteiger partial charge in [0.1, 0.15) is 23.1 Å². The second-order valence-electron chi connectivity index (χ2n) is 10.4. The fourth-order valence-electron chi connectivity index (χ4n) is 5.43. The number of piperazine rings is 1. The molecule has 0 radical (unpaired) electrons. The van der Waals surface area contributed by atoms with Crippen molar-refractivity contribution in [3.8, 4) is 22.7 Å². The predicted molar refractivity (Wildman–Crippen MR) is 160 cm³/mol. The number of aromatic hydroxyl groups is 1. The summed E-state index contributed by atoms with van der Waals surface area (Å²) in [6.45, 7) is 5.05. The van der Waals surface area contributed by atoms with Crippen molar-refractivity contribution in [3.63, 3.8) is 0 Å². The number of hydrogen-bond acceptors (Lipinski definition) is 10. The Morgan fingerprint density at radius 3 is 2.56 bits per heavy atom. The van der Waals surface area contributed by atoms with Gasteiger partial charge in [-0.2, -0.15) is 4.98 Å². The Morgan fingerprint density at radius 1 is 1.18 bits per heavy atom. The van der Waals surface area contributed by atoms with E-state index in [1.54, 1.807) is 0 Å². The molecule has 1 fully saturated rings. The highest BCUT2D eigenvalue weighted by Crippen LogP contribution is 2.37. The number of hydrogen-bond donors (Lipinski definition) is 2. The third-order valence-corrected chi connectivity index (χ3v) is 8.53. The number of phenolic OH excluding ortho intramolecular Hbond substituents is 1. The summed E-state index contributed by atoms with van der Waals surface area (Å²) in [5.74, 6) is -4.01. The summed E-state index contributed by atoms with van der Waals surface area (Å²) in [6, 6.07) is 4.61. The number of aryl methyl sites for hydroxylation is 1. The molecular formula is C29H27F2N7O6S. The summed E-state index contributed by atoms with van der Waals surface area (Å²) >= 11 is 0. The molecule has 1 aliphatic heterocycles. The molecule has 0 saturated carbocycles. The van der Waals surface area contributed by atoms with E-state index in [1.165, 1.54) is 35.1 Å². The van der Waals surface area contributed by atoms with Crippen LogP contribution in [0.3, 0.4) is 0 Å². The summed E-state index contributed by atoms with van der Waals surface area (Å²) in [7, 11) is -3.98. The van der Waals surface area contributed by atoms with Gasteiger partial charge in [-0.1, -0.05) is 12.6 Å². The van der Waals surface area contributed by atoms with Crippen molar-refractivity contribution in [2.24, 2.45) is 5.73 Å². The largest absolute Gasteiger partial charge is 0.507 e. The molecule has 3 N–H and O–H groups in total. The minimum Gasteiger partial charge on any atom is -0.507 e. The molecule has 1 aliphatic rings. The Kier molecular flexibility index (Phi) is 8.10. The number of halogens is 2. The van der Waals surface area contributed by atoms with Gasteiger partial charge in [0, 0.05) is 38.5 Å². The van der Waals surface area contributed by atoms with Crippen LogP contribution < -0.4 is 16.3 Å². The SMILES string of the molecule is C=CC(=O)N1CCN(c2nc(=O)n(-c3c(S(C)(=O)=O)ccnc3C)c3nc(-c4c(O)cccc4F)c(F)cc23)[C@H](CC(N)=O)C1.